The summed E-state index contributed by atoms with van der Waals surface area (Å²) < 4.78 is 5.13. The van der Waals surface area contributed by atoms with Crippen LogP contribution in [0.25, 0.3) is 11.4 Å². The van der Waals surface area contributed by atoms with Crippen molar-refractivity contribution in [2.45, 2.75) is 32.8 Å². The zero-order valence-electron chi connectivity index (χ0n) is 10.1. The Kier molecular flexibility index (Phi) is 3.54. The number of benzene rings is 1. The Labute approximate surface area is 100 Å². The van der Waals surface area contributed by atoms with E-state index in [1.807, 2.05) is 38.1 Å². The lowest BCUT2D eigenvalue weighted by Crippen LogP contribution is -2.08. The lowest BCUT2D eigenvalue weighted by Gasteiger charge is -2.01. The highest BCUT2D eigenvalue weighted by Crippen LogP contribution is 2.20. The van der Waals surface area contributed by atoms with Crippen molar-refractivity contribution in [2.75, 3.05) is 0 Å². The monoisotopic (exact) mass is 232 g/mol. The summed E-state index contributed by atoms with van der Waals surface area (Å²) in [4.78, 5) is 4.29. The highest BCUT2D eigenvalue weighted by Gasteiger charge is 2.12. The Morgan fingerprint density at radius 1 is 1.35 bits per heavy atom. The predicted molar refractivity (Wildman–Crippen MR) is 64.5 cm³/mol. The molecule has 0 spiro atoms. The molecule has 0 aliphatic carbocycles. The minimum atomic E-state index is -0.417. The van der Waals surface area contributed by atoms with Crippen molar-refractivity contribution in [3.63, 3.8) is 0 Å². The molecule has 2 aromatic rings. The largest absolute Gasteiger partial charge is 0.393 e. The molecule has 0 amide bonds. The van der Waals surface area contributed by atoms with Gasteiger partial charge in [-0.25, -0.2) is 0 Å². The van der Waals surface area contributed by atoms with Gasteiger partial charge in [0.25, 0.3) is 0 Å². The molecule has 1 N–H and O–H groups in total. The van der Waals surface area contributed by atoms with Gasteiger partial charge in [-0.1, -0.05) is 36.3 Å². The number of nitrogens with zero attached hydrogens (tertiary/aromatic N) is 2. The Balaban J connectivity index is 2.21. The van der Waals surface area contributed by atoms with E-state index in [0.29, 0.717) is 24.6 Å². The van der Waals surface area contributed by atoms with Gasteiger partial charge in [0.1, 0.15) is 0 Å². The molecule has 1 heterocycles. The SMILES string of the molecule is CCC(O)Cc1nc(-c2ccccc2C)no1. The summed E-state index contributed by atoms with van der Waals surface area (Å²) in [6.07, 6.45) is 0.678. The van der Waals surface area contributed by atoms with Gasteiger partial charge in [0, 0.05) is 5.56 Å². The van der Waals surface area contributed by atoms with Gasteiger partial charge in [-0.3, -0.25) is 0 Å². The number of aryl methyl sites for hydroxylation is 1. The molecule has 2 rings (SSSR count). The Morgan fingerprint density at radius 2 is 2.12 bits per heavy atom. The number of hydrogen-bond donors (Lipinski definition) is 1. The molecule has 1 unspecified atom stereocenters. The van der Waals surface area contributed by atoms with Crippen LogP contribution < -0.4 is 0 Å². The summed E-state index contributed by atoms with van der Waals surface area (Å²) in [6, 6.07) is 7.88. The number of aliphatic hydroxyl groups is 1. The molecule has 1 aromatic carbocycles. The Bertz CT molecular complexity index is 494. The minimum absolute atomic E-state index is 0.412. The second-order valence-corrected chi connectivity index (χ2v) is 4.09. The van der Waals surface area contributed by atoms with E-state index in [2.05, 4.69) is 10.1 Å². The van der Waals surface area contributed by atoms with Crippen LogP contribution in [0, 0.1) is 6.92 Å². The van der Waals surface area contributed by atoms with Crippen LogP contribution in [0.5, 0.6) is 0 Å². The van der Waals surface area contributed by atoms with Gasteiger partial charge in [-0.15, -0.1) is 0 Å². The van der Waals surface area contributed by atoms with Crippen LogP contribution in [0.2, 0.25) is 0 Å². The first-order chi connectivity index (χ1) is 8.20. The van der Waals surface area contributed by atoms with Gasteiger partial charge in [-0.2, -0.15) is 4.98 Å². The van der Waals surface area contributed by atoms with E-state index in [-0.39, 0.29) is 0 Å². The van der Waals surface area contributed by atoms with Crippen molar-refractivity contribution in [3.8, 4) is 11.4 Å². The Morgan fingerprint density at radius 3 is 2.82 bits per heavy atom. The van der Waals surface area contributed by atoms with Crippen LogP contribution in [0.1, 0.15) is 24.8 Å². The van der Waals surface area contributed by atoms with E-state index in [1.54, 1.807) is 0 Å². The zero-order chi connectivity index (χ0) is 12.3. The first-order valence-electron chi connectivity index (χ1n) is 5.77. The average molecular weight is 232 g/mol. The molecule has 0 aliphatic rings. The fourth-order valence-corrected chi connectivity index (χ4v) is 1.62. The highest BCUT2D eigenvalue weighted by molar-refractivity contribution is 5.58. The summed E-state index contributed by atoms with van der Waals surface area (Å²) in [5.74, 6) is 1.07. The van der Waals surface area contributed by atoms with Crippen molar-refractivity contribution in [1.82, 2.24) is 10.1 Å². The maximum absolute atomic E-state index is 9.52. The fraction of sp³-hybridized carbons (Fsp3) is 0.385. The molecule has 90 valence electrons. The van der Waals surface area contributed by atoms with Crippen LogP contribution in [0.4, 0.5) is 0 Å². The van der Waals surface area contributed by atoms with Gasteiger partial charge in [0.05, 0.1) is 12.5 Å². The number of hydrogen-bond acceptors (Lipinski definition) is 4. The second-order valence-electron chi connectivity index (χ2n) is 4.09. The first kappa shape index (κ1) is 11.8. The van der Waals surface area contributed by atoms with E-state index in [4.69, 9.17) is 4.52 Å². The molecule has 4 heteroatoms. The first-order valence-corrected chi connectivity index (χ1v) is 5.77. The highest BCUT2D eigenvalue weighted by atomic mass is 16.5. The summed E-state index contributed by atoms with van der Waals surface area (Å²) in [6.45, 7) is 3.93. The predicted octanol–water partition coefficient (Wildman–Crippen LogP) is 2.36. The fourth-order valence-electron chi connectivity index (χ4n) is 1.62. The third kappa shape index (κ3) is 2.71. The molecule has 0 aliphatic heterocycles. The van der Waals surface area contributed by atoms with Crippen LogP contribution in [-0.2, 0) is 6.42 Å². The van der Waals surface area contributed by atoms with Crippen LogP contribution in [-0.4, -0.2) is 21.4 Å². The molecule has 1 aromatic heterocycles. The molecule has 0 saturated carbocycles. The average Bonchev–Trinajstić information content (AvgIpc) is 2.78. The maximum atomic E-state index is 9.52. The van der Waals surface area contributed by atoms with E-state index in [0.717, 1.165) is 11.1 Å². The minimum Gasteiger partial charge on any atom is -0.393 e. The van der Waals surface area contributed by atoms with Crippen molar-refractivity contribution < 1.29 is 9.63 Å². The molecular formula is C13H16N2O2. The molecule has 17 heavy (non-hydrogen) atoms. The molecule has 0 fully saturated rings. The second kappa shape index (κ2) is 5.10. The molecule has 0 bridgehead atoms. The van der Waals surface area contributed by atoms with Crippen molar-refractivity contribution >= 4 is 0 Å². The molecular weight excluding hydrogens is 216 g/mol. The van der Waals surface area contributed by atoms with Crippen LogP contribution in [0.3, 0.4) is 0 Å². The summed E-state index contributed by atoms with van der Waals surface area (Å²) >= 11 is 0. The number of aliphatic hydroxyl groups excluding tert-OH is 1. The molecule has 0 saturated heterocycles. The van der Waals surface area contributed by atoms with Gasteiger partial charge in [-0.05, 0) is 18.9 Å². The standard InChI is InChI=1S/C13H16N2O2/c1-3-10(16)8-12-14-13(15-17-12)11-7-5-4-6-9(11)2/h4-7,10,16H,3,8H2,1-2H3. The van der Waals surface area contributed by atoms with Gasteiger partial charge < -0.3 is 9.63 Å². The summed E-state index contributed by atoms with van der Waals surface area (Å²) in [7, 11) is 0. The quantitative estimate of drug-likeness (QED) is 0.879. The van der Waals surface area contributed by atoms with Crippen LogP contribution in [0.15, 0.2) is 28.8 Å². The third-order valence-corrected chi connectivity index (χ3v) is 2.74. The van der Waals surface area contributed by atoms with E-state index < -0.39 is 6.10 Å². The Hall–Kier alpha value is -1.68. The molecule has 4 nitrogen and oxygen atoms in total. The molecule has 0 radical (unpaired) electrons. The smallest absolute Gasteiger partial charge is 0.229 e. The number of aromatic nitrogens is 2. The van der Waals surface area contributed by atoms with E-state index >= 15 is 0 Å². The zero-order valence-corrected chi connectivity index (χ0v) is 10.1. The number of rotatable bonds is 4. The lowest BCUT2D eigenvalue weighted by molar-refractivity contribution is 0.158. The summed E-state index contributed by atoms with van der Waals surface area (Å²) in [5.41, 5.74) is 2.07. The van der Waals surface area contributed by atoms with Gasteiger partial charge in [0.2, 0.25) is 11.7 Å². The van der Waals surface area contributed by atoms with Crippen molar-refractivity contribution in [2.24, 2.45) is 0 Å². The van der Waals surface area contributed by atoms with Gasteiger partial charge >= 0.3 is 0 Å². The summed E-state index contributed by atoms with van der Waals surface area (Å²) in [5, 5.41) is 13.5. The normalized spacial score (nSPS) is 12.6. The topological polar surface area (TPSA) is 59.2 Å². The lowest BCUT2D eigenvalue weighted by atomic mass is 10.1. The maximum Gasteiger partial charge on any atom is 0.229 e. The van der Waals surface area contributed by atoms with Crippen molar-refractivity contribution in [1.29, 1.82) is 0 Å². The molecule has 1 atom stereocenters. The van der Waals surface area contributed by atoms with Crippen molar-refractivity contribution in [3.05, 3.63) is 35.7 Å². The van der Waals surface area contributed by atoms with Gasteiger partial charge in [0.15, 0.2) is 0 Å². The van der Waals surface area contributed by atoms with Crippen LogP contribution >= 0.6 is 0 Å². The van der Waals surface area contributed by atoms with E-state index in [1.165, 1.54) is 0 Å². The van der Waals surface area contributed by atoms with E-state index in [9.17, 15) is 5.11 Å². The third-order valence-electron chi connectivity index (χ3n) is 2.74.